The molecular formula is C15H17BrN2. The van der Waals surface area contributed by atoms with E-state index in [-0.39, 0.29) is 0 Å². The van der Waals surface area contributed by atoms with Gasteiger partial charge in [-0.05, 0) is 49.3 Å². The molecule has 2 fully saturated rings. The van der Waals surface area contributed by atoms with Crippen LogP contribution in [0.3, 0.4) is 0 Å². The minimum absolute atomic E-state index is 0.745. The summed E-state index contributed by atoms with van der Waals surface area (Å²) in [5.41, 5.74) is 1.95. The molecule has 1 saturated carbocycles. The fourth-order valence-electron chi connectivity index (χ4n) is 3.46. The first-order valence-electron chi connectivity index (χ1n) is 6.70. The molecule has 1 aromatic rings. The number of nitriles is 1. The van der Waals surface area contributed by atoms with E-state index in [0.29, 0.717) is 0 Å². The van der Waals surface area contributed by atoms with Gasteiger partial charge in [0.05, 0.1) is 11.6 Å². The molecule has 0 spiro atoms. The van der Waals surface area contributed by atoms with Crippen molar-refractivity contribution in [2.45, 2.75) is 25.7 Å². The lowest BCUT2D eigenvalue weighted by Crippen LogP contribution is -2.42. The fraction of sp³-hybridized carbons (Fsp3) is 0.533. The zero-order valence-electron chi connectivity index (χ0n) is 10.4. The smallest absolute Gasteiger partial charge is 0.0992 e. The van der Waals surface area contributed by atoms with Crippen LogP contribution in [0.2, 0.25) is 0 Å². The van der Waals surface area contributed by atoms with E-state index in [1.54, 1.807) is 0 Å². The third-order valence-corrected chi connectivity index (χ3v) is 4.68. The van der Waals surface area contributed by atoms with Crippen LogP contribution < -0.4 is 4.90 Å². The number of piperidine rings is 1. The lowest BCUT2D eigenvalue weighted by Gasteiger charge is -2.42. The van der Waals surface area contributed by atoms with Crippen molar-refractivity contribution < 1.29 is 0 Å². The third-order valence-electron chi connectivity index (χ3n) is 4.23. The van der Waals surface area contributed by atoms with Crippen LogP contribution in [0.15, 0.2) is 22.7 Å². The molecule has 2 atom stereocenters. The molecule has 0 amide bonds. The lowest BCUT2D eigenvalue weighted by atomic mass is 9.78. The minimum Gasteiger partial charge on any atom is -0.371 e. The topological polar surface area (TPSA) is 27.0 Å². The largest absolute Gasteiger partial charge is 0.371 e. The summed E-state index contributed by atoms with van der Waals surface area (Å²) in [6, 6.07) is 8.28. The standard InChI is InChI=1S/C15H17BrN2/c16-14-5-13(8-17)6-15(7-14)18-9-11-2-1-3-12(4-11)10-18/h5-7,11-12H,1-4,9-10H2. The summed E-state index contributed by atoms with van der Waals surface area (Å²) in [5, 5.41) is 9.06. The SMILES string of the molecule is N#Cc1cc(Br)cc(N2CC3CCCC(C3)C2)c1. The minimum atomic E-state index is 0.745. The first kappa shape index (κ1) is 12.0. The van der Waals surface area contributed by atoms with Crippen molar-refractivity contribution in [3.8, 4) is 6.07 Å². The van der Waals surface area contributed by atoms with Gasteiger partial charge < -0.3 is 4.90 Å². The van der Waals surface area contributed by atoms with E-state index in [1.165, 1.54) is 31.4 Å². The zero-order chi connectivity index (χ0) is 12.5. The van der Waals surface area contributed by atoms with Crippen molar-refractivity contribution in [1.82, 2.24) is 0 Å². The summed E-state index contributed by atoms with van der Waals surface area (Å²) in [4.78, 5) is 2.48. The van der Waals surface area contributed by atoms with Crippen molar-refractivity contribution in [2.75, 3.05) is 18.0 Å². The highest BCUT2D eigenvalue weighted by Crippen LogP contribution is 2.37. The molecule has 2 bridgehead atoms. The van der Waals surface area contributed by atoms with E-state index < -0.39 is 0 Å². The molecule has 1 aliphatic heterocycles. The van der Waals surface area contributed by atoms with Crippen molar-refractivity contribution in [1.29, 1.82) is 5.26 Å². The first-order valence-corrected chi connectivity index (χ1v) is 7.49. The van der Waals surface area contributed by atoms with E-state index in [0.717, 1.165) is 35.0 Å². The number of hydrogen-bond donors (Lipinski definition) is 0. The quantitative estimate of drug-likeness (QED) is 0.785. The van der Waals surface area contributed by atoms with Crippen LogP contribution in [0.5, 0.6) is 0 Å². The van der Waals surface area contributed by atoms with Crippen LogP contribution in [0.4, 0.5) is 5.69 Å². The lowest BCUT2D eigenvalue weighted by molar-refractivity contribution is 0.231. The van der Waals surface area contributed by atoms with Gasteiger partial charge in [-0.25, -0.2) is 0 Å². The monoisotopic (exact) mass is 304 g/mol. The Morgan fingerprint density at radius 2 is 1.89 bits per heavy atom. The van der Waals surface area contributed by atoms with Crippen LogP contribution in [-0.2, 0) is 0 Å². The second kappa shape index (κ2) is 4.93. The predicted molar refractivity (Wildman–Crippen MR) is 76.5 cm³/mol. The maximum atomic E-state index is 9.06. The summed E-state index contributed by atoms with van der Waals surface area (Å²) in [6.45, 7) is 2.33. The number of benzene rings is 1. The van der Waals surface area contributed by atoms with Crippen LogP contribution in [0, 0.1) is 23.2 Å². The summed E-state index contributed by atoms with van der Waals surface area (Å²) in [5.74, 6) is 1.73. The molecule has 0 N–H and O–H groups in total. The highest BCUT2D eigenvalue weighted by molar-refractivity contribution is 9.10. The van der Waals surface area contributed by atoms with Crippen molar-refractivity contribution in [3.63, 3.8) is 0 Å². The van der Waals surface area contributed by atoms with Crippen LogP contribution >= 0.6 is 15.9 Å². The molecule has 1 aliphatic carbocycles. The number of nitrogens with zero attached hydrogens (tertiary/aromatic N) is 2. The van der Waals surface area contributed by atoms with Crippen molar-refractivity contribution in [2.24, 2.45) is 11.8 Å². The maximum Gasteiger partial charge on any atom is 0.0992 e. The Balaban J connectivity index is 1.86. The van der Waals surface area contributed by atoms with E-state index in [9.17, 15) is 0 Å². The van der Waals surface area contributed by atoms with Gasteiger partial charge in [-0.15, -0.1) is 0 Å². The van der Waals surface area contributed by atoms with Gasteiger partial charge in [0, 0.05) is 23.2 Å². The number of rotatable bonds is 1. The Hall–Kier alpha value is -1.01. The fourth-order valence-corrected chi connectivity index (χ4v) is 3.95. The molecule has 2 unspecified atom stereocenters. The molecule has 0 radical (unpaired) electrons. The van der Waals surface area contributed by atoms with Gasteiger partial charge in [0.2, 0.25) is 0 Å². The number of fused-ring (bicyclic) bond motifs is 2. The Bertz CT molecular complexity index is 480. The van der Waals surface area contributed by atoms with Crippen molar-refractivity contribution >= 4 is 21.6 Å². The molecule has 18 heavy (non-hydrogen) atoms. The summed E-state index contributed by atoms with van der Waals surface area (Å²) in [7, 11) is 0. The van der Waals surface area contributed by atoms with Crippen LogP contribution in [0.1, 0.15) is 31.2 Å². The number of halogens is 1. The van der Waals surface area contributed by atoms with E-state index in [2.05, 4.69) is 33.0 Å². The summed E-state index contributed by atoms with van der Waals surface area (Å²) < 4.78 is 1.01. The Morgan fingerprint density at radius 3 is 2.56 bits per heavy atom. The second-order valence-electron chi connectivity index (χ2n) is 5.61. The molecule has 2 nitrogen and oxygen atoms in total. The van der Waals surface area contributed by atoms with Gasteiger partial charge in [0.25, 0.3) is 0 Å². The van der Waals surface area contributed by atoms with Crippen molar-refractivity contribution in [3.05, 3.63) is 28.2 Å². The van der Waals surface area contributed by atoms with E-state index >= 15 is 0 Å². The zero-order valence-corrected chi connectivity index (χ0v) is 12.0. The van der Waals surface area contributed by atoms with Gasteiger partial charge in [-0.2, -0.15) is 5.26 Å². The van der Waals surface area contributed by atoms with Crippen LogP contribution in [0.25, 0.3) is 0 Å². The molecule has 3 rings (SSSR count). The molecular weight excluding hydrogens is 288 g/mol. The van der Waals surface area contributed by atoms with Gasteiger partial charge >= 0.3 is 0 Å². The van der Waals surface area contributed by atoms with Gasteiger partial charge in [0.1, 0.15) is 0 Å². The highest BCUT2D eigenvalue weighted by Gasteiger charge is 2.30. The molecule has 2 aliphatic rings. The van der Waals surface area contributed by atoms with Crippen LogP contribution in [-0.4, -0.2) is 13.1 Å². The summed E-state index contributed by atoms with van der Waals surface area (Å²) in [6.07, 6.45) is 5.58. The Morgan fingerprint density at radius 1 is 1.17 bits per heavy atom. The molecule has 1 heterocycles. The number of hydrogen-bond acceptors (Lipinski definition) is 2. The van der Waals surface area contributed by atoms with E-state index in [4.69, 9.17) is 5.26 Å². The molecule has 3 heteroatoms. The second-order valence-corrected chi connectivity index (χ2v) is 6.53. The average Bonchev–Trinajstić information content (AvgIpc) is 2.37. The average molecular weight is 305 g/mol. The number of anilines is 1. The normalized spacial score (nSPS) is 26.8. The molecule has 1 saturated heterocycles. The molecule has 1 aromatic carbocycles. The van der Waals surface area contributed by atoms with E-state index in [1.807, 2.05) is 12.1 Å². The Labute approximate surface area is 117 Å². The first-order chi connectivity index (χ1) is 8.74. The Kier molecular flexibility index (Phi) is 3.30. The molecule has 0 aromatic heterocycles. The summed E-state index contributed by atoms with van der Waals surface area (Å²) >= 11 is 3.50. The highest BCUT2D eigenvalue weighted by atomic mass is 79.9. The van der Waals surface area contributed by atoms with Gasteiger partial charge in [-0.3, -0.25) is 0 Å². The maximum absolute atomic E-state index is 9.06. The predicted octanol–water partition coefficient (Wildman–Crippen LogP) is 3.95. The third kappa shape index (κ3) is 2.40. The van der Waals surface area contributed by atoms with Gasteiger partial charge in [-0.1, -0.05) is 22.4 Å². The molecule has 94 valence electrons. The van der Waals surface area contributed by atoms with Gasteiger partial charge in [0.15, 0.2) is 0 Å².